The normalized spacial score (nSPS) is 10.4. The summed E-state index contributed by atoms with van der Waals surface area (Å²) >= 11 is 5.39. The van der Waals surface area contributed by atoms with Crippen molar-refractivity contribution >= 4 is 23.7 Å². The van der Waals surface area contributed by atoms with Crippen LogP contribution < -0.4 is 5.73 Å². The maximum Gasteiger partial charge on any atom is 0.417 e. The summed E-state index contributed by atoms with van der Waals surface area (Å²) in [5.41, 5.74) is 3.83. The van der Waals surface area contributed by atoms with Gasteiger partial charge >= 0.3 is 6.18 Å². The Labute approximate surface area is 134 Å². The van der Waals surface area contributed by atoms with E-state index in [-0.39, 0.29) is 10.9 Å². The Balaban J connectivity index is 0.000000253. The molecule has 2 aromatic carbocycles. The molecular formula is C15H12ClF3N2O2. The average molecular weight is 345 g/mol. The van der Waals surface area contributed by atoms with Crippen LogP contribution in [0.5, 0.6) is 5.75 Å². The second kappa shape index (κ2) is 7.64. The van der Waals surface area contributed by atoms with E-state index < -0.39 is 23.1 Å². The quantitative estimate of drug-likeness (QED) is 0.723. The third kappa shape index (κ3) is 5.00. The zero-order valence-corrected chi connectivity index (χ0v) is 12.3. The number of hydrogen-bond acceptors (Lipinski definition) is 3. The van der Waals surface area contributed by atoms with Gasteiger partial charge in [-0.2, -0.15) is 13.2 Å². The number of phenolic OH excluding ortho intramolecular Hbond substituents is 1. The molecule has 0 bridgehead atoms. The fraction of sp³-hybridized carbons (Fsp3) is 0.0667. The van der Waals surface area contributed by atoms with Gasteiger partial charge in [0.15, 0.2) is 0 Å². The van der Waals surface area contributed by atoms with Crippen molar-refractivity contribution in [3.05, 3.63) is 64.2 Å². The van der Waals surface area contributed by atoms with Crippen LogP contribution in [0.25, 0.3) is 0 Å². The lowest BCUT2D eigenvalue weighted by molar-refractivity contribution is -0.137. The predicted molar refractivity (Wildman–Crippen MR) is 81.0 cm³/mol. The SMILES string of the molecule is N=Cc1c(C(F)(F)F)ccc(Cl)c1O.NC(=O)c1ccccc1. The van der Waals surface area contributed by atoms with Crippen molar-refractivity contribution in [2.75, 3.05) is 0 Å². The van der Waals surface area contributed by atoms with E-state index in [1.165, 1.54) is 0 Å². The lowest BCUT2D eigenvalue weighted by atomic mass is 10.1. The number of amides is 1. The number of nitrogens with two attached hydrogens (primary N) is 1. The number of carbonyl (C=O) groups is 1. The van der Waals surface area contributed by atoms with Crippen molar-refractivity contribution in [3.8, 4) is 5.75 Å². The molecule has 0 heterocycles. The van der Waals surface area contributed by atoms with Crippen molar-refractivity contribution in [1.29, 1.82) is 5.41 Å². The minimum atomic E-state index is -4.60. The minimum Gasteiger partial charge on any atom is -0.506 e. The molecule has 0 aliphatic rings. The molecule has 0 aliphatic carbocycles. The second-order valence-electron chi connectivity index (χ2n) is 4.23. The monoisotopic (exact) mass is 344 g/mol. The molecule has 0 saturated carbocycles. The fourth-order valence-electron chi connectivity index (χ4n) is 1.58. The van der Waals surface area contributed by atoms with E-state index in [0.717, 1.165) is 12.1 Å². The van der Waals surface area contributed by atoms with E-state index in [4.69, 9.17) is 27.9 Å². The summed E-state index contributed by atoms with van der Waals surface area (Å²) in [6, 6.07) is 10.4. The number of benzene rings is 2. The molecule has 2 rings (SSSR count). The molecule has 2 aromatic rings. The molecule has 4 nitrogen and oxygen atoms in total. The summed E-state index contributed by atoms with van der Waals surface area (Å²) in [7, 11) is 0. The van der Waals surface area contributed by atoms with E-state index in [1.54, 1.807) is 24.3 Å². The Morgan fingerprint density at radius 3 is 2.13 bits per heavy atom. The van der Waals surface area contributed by atoms with Crippen LogP contribution in [0.4, 0.5) is 13.2 Å². The average Bonchev–Trinajstić information content (AvgIpc) is 2.50. The first-order valence-corrected chi connectivity index (χ1v) is 6.50. The zero-order chi connectivity index (χ0) is 17.6. The van der Waals surface area contributed by atoms with Crippen molar-refractivity contribution in [2.24, 2.45) is 5.73 Å². The van der Waals surface area contributed by atoms with Crippen LogP contribution in [-0.4, -0.2) is 17.2 Å². The molecule has 122 valence electrons. The summed E-state index contributed by atoms with van der Waals surface area (Å²) in [6.45, 7) is 0. The molecule has 0 fully saturated rings. The molecule has 0 atom stereocenters. The van der Waals surface area contributed by atoms with Gasteiger partial charge < -0.3 is 16.2 Å². The fourth-order valence-corrected chi connectivity index (χ4v) is 1.74. The highest BCUT2D eigenvalue weighted by Crippen LogP contribution is 2.37. The molecule has 23 heavy (non-hydrogen) atoms. The van der Waals surface area contributed by atoms with Gasteiger partial charge in [0.2, 0.25) is 5.91 Å². The van der Waals surface area contributed by atoms with Crippen LogP contribution in [0.3, 0.4) is 0 Å². The van der Waals surface area contributed by atoms with Crippen LogP contribution >= 0.6 is 11.6 Å². The lowest BCUT2D eigenvalue weighted by Crippen LogP contribution is -2.09. The first kappa shape index (κ1) is 18.5. The van der Waals surface area contributed by atoms with E-state index in [9.17, 15) is 18.0 Å². The molecule has 0 aliphatic heterocycles. The molecule has 4 N–H and O–H groups in total. The third-order valence-electron chi connectivity index (χ3n) is 2.68. The largest absolute Gasteiger partial charge is 0.506 e. The van der Waals surface area contributed by atoms with Gasteiger partial charge in [-0.15, -0.1) is 0 Å². The molecule has 0 unspecified atom stereocenters. The Bertz CT molecular complexity index is 704. The predicted octanol–water partition coefficient (Wildman–Crippen LogP) is 3.85. The number of halogens is 4. The highest BCUT2D eigenvalue weighted by Gasteiger charge is 2.34. The Morgan fingerprint density at radius 1 is 1.17 bits per heavy atom. The zero-order valence-electron chi connectivity index (χ0n) is 11.6. The van der Waals surface area contributed by atoms with Gasteiger partial charge in [-0.3, -0.25) is 4.79 Å². The molecular weight excluding hydrogens is 333 g/mol. The summed E-state index contributed by atoms with van der Waals surface area (Å²) < 4.78 is 36.9. The highest BCUT2D eigenvalue weighted by molar-refractivity contribution is 6.32. The number of nitrogens with one attached hydrogen (secondary N) is 1. The molecule has 8 heteroatoms. The third-order valence-corrected chi connectivity index (χ3v) is 2.98. The van der Waals surface area contributed by atoms with Gasteiger partial charge in [0.25, 0.3) is 0 Å². The van der Waals surface area contributed by atoms with Crippen LogP contribution in [0.15, 0.2) is 42.5 Å². The first-order valence-electron chi connectivity index (χ1n) is 6.12. The lowest BCUT2D eigenvalue weighted by Gasteiger charge is -2.11. The topological polar surface area (TPSA) is 87.2 Å². The summed E-state index contributed by atoms with van der Waals surface area (Å²) in [5, 5.41) is 15.7. The highest BCUT2D eigenvalue weighted by atomic mass is 35.5. The van der Waals surface area contributed by atoms with Crippen LogP contribution in [-0.2, 0) is 6.18 Å². The van der Waals surface area contributed by atoms with Crippen molar-refractivity contribution in [2.45, 2.75) is 6.18 Å². The van der Waals surface area contributed by atoms with E-state index in [1.807, 2.05) is 6.07 Å². The maximum absolute atomic E-state index is 12.3. The Hall–Kier alpha value is -2.54. The van der Waals surface area contributed by atoms with Crippen molar-refractivity contribution < 1.29 is 23.1 Å². The first-order chi connectivity index (χ1) is 10.7. The Morgan fingerprint density at radius 2 is 1.74 bits per heavy atom. The summed E-state index contributed by atoms with van der Waals surface area (Å²) in [4.78, 5) is 10.4. The molecule has 0 radical (unpaired) electrons. The number of primary amides is 1. The Kier molecular flexibility index (Phi) is 6.15. The van der Waals surface area contributed by atoms with Gasteiger partial charge in [-0.1, -0.05) is 29.8 Å². The van der Waals surface area contributed by atoms with Crippen molar-refractivity contribution in [3.63, 3.8) is 0 Å². The molecule has 0 aromatic heterocycles. The molecule has 1 amide bonds. The summed E-state index contributed by atoms with van der Waals surface area (Å²) in [6.07, 6.45) is -4.18. The van der Waals surface area contributed by atoms with Crippen LogP contribution in [0.2, 0.25) is 5.02 Å². The number of phenols is 1. The number of rotatable bonds is 2. The number of aromatic hydroxyl groups is 1. The molecule has 0 spiro atoms. The van der Waals surface area contributed by atoms with Gasteiger partial charge in [-0.05, 0) is 24.3 Å². The van der Waals surface area contributed by atoms with Gasteiger partial charge in [0, 0.05) is 17.3 Å². The van der Waals surface area contributed by atoms with Crippen LogP contribution in [0, 0.1) is 5.41 Å². The van der Waals surface area contributed by atoms with Crippen LogP contribution in [0.1, 0.15) is 21.5 Å². The van der Waals surface area contributed by atoms with Gasteiger partial charge in [0.05, 0.1) is 10.6 Å². The second-order valence-corrected chi connectivity index (χ2v) is 4.64. The number of hydrogen-bond donors (Lipinski definition) is 3. The standard InChI is InChI=1S/C8H5ClF3NO.C7H7NO/c9-6-2-1-5(8(10,11)12)4(3-13)7(6)14;8-7(9)6-4-2-1-3-5-6/h1-3,13-14H;1-5H,(H2,8,9). The number of carbonyl (C=O) groups excluding carboxylic acids is 1. The van der Waals surface area contributed by atoms with Gasteiger partial charge in [-0.25, -0.2) is 0 Å². The maximum atomic E-state index is 12.3. The van der Waals surface area contributed by atoms with E-state index in [2.05, 4.69) is 0 Å². The smallest absolute Gasteiger partial charge is 0.417 e. The number of alkyl halides is 3. The minimum absolute atomic E-state index is 0.212. The summed E-state index contributed by atoms with van der Waals surface area (Å²) in [5.74, 6) is -1.10. The molecule has 0 saturated heterocycles. The van der Waals surface area contributed by atoms with Gasteiger partial charge in [0.1, 0.15) is 5.75 Å². The van der Waals surface area contributed by atoms with E-state index >= 15 is 0 Å². The van der Waals surface area contributed by atoms with E-state index in [0.29, 0.717) is 11.8 Å². The van der Waals surface area contributed by atoms with Crippen molar-refractivity contribution in [1.82, 2.24) is 0 Å².